The van der Waals surface area contributed by atoms with Crippen LogP contribution in [0.3, 0.4) is 0 Å². The summed E-state index contributed by atoms with van der Waals surface area (Å²) in [5.74, 6) is 1.83. The van der Waals surface area contributed by atoms with Gasteiger partial charge in [0.15, 0.2) is 0 Å². The van der Waals surface area contributed by atoms with Crippen molar-refractivity contribution in [1.29, 1.82) is 0 Å². The molecule has 2 aromatic rings. The van der Waals surface area contributed by atoms with Crippen molar-refractivity contribution in [3.8, 4) is 0 Å². The topological polar surface area (TPSA) is 52.6 Å². The van der Waals surface area contributed by atoms with Gasteiger partial charge in [-0.05, 0) is 38.0 Å². The highest BCUT2D eigenvalue weighted by molar-refractivity contribution is 6.30. The van der Waals surface area contributed by atoms with Crippen molar-refractivity contribution < 1.29 is 4.79 Å². The van der Waals surface area contributed by atoms with Crippen LogP contribution in [0, 0.1) is 6.92 Å². The van der Waals surface area contributed by atoms with E-state index in [0.717, 1.165) is 43.6 Å². The second-order valence-electron chi connectivity index (χ2n) is 7.15. The zero-order chi connectivity index (χ0) is 18.8. The molecule has 0 aliphatic carbocycles. The Morgan fingerprint density at radius 1 is 0.963 bits per heavy atom. The van der Waals surface area contributed by atoms with Gasteiger partial charge in [-0.1, -0.05) is 17.7 Å². The molecule has 0 unspecified atom stereocenters. The molecule has 0 spiro atoms. The van der Waals surface area contributed by atoms with E-state index < -0.39 is 0 Å². The maximum atomic E-state index is 12.7. The van der Waals surface area contributed by atoms with Crippen LogP contribution in [0.1, 0.15) is 28.9 Å². The molecule has 3 heterocycles. The first-order valence-corrected chi connectivity index (χ1v) is 9.88. The molecule has 2 saturated heterocycles. The molecular weight excluding hydrogens is 362 g/mol. The molecule has 7 heteroatoms. The van der Waals surface area contributed by atoms with Crippen LogP contribution in [0.15, 0.2) is 30.3 Å². The number of rotatable bonds is 3. The van der Waals surface area contributed by atoms with Gasteiger partial charge in [0.05, 0.1) is 0 Å². The van der Waals surface area contributed by atoms with Crippen molar-refractivity contribution in [2.24, 2.45) is 0 Å². The third kappa shape index (κ3) is 4.00. The summed E-state index contributed by atoms with van der Waals surface area (Å²) < 4.78 is 0. The van der Waals surface area contributed by atoms with Crippen molar-refractivity contribution in [1.82, 2.24) is 14.9 Å². The Bertz CT molecular complexity index is 829. The number of aromatic nitrogens is 2. The molecule has 1 aromatic carbocycles. The Kier molecular flexibility index (Phi) is 5.16. The second kappa shape index (κ2) is 7.72. The highest BCUT2D eigenvalue weighted by atomic mass is 35.5. The summed E-state index contributed by atoms with van der Waals surface area (Å²) in [5, 5.41) is 0.588. The van der Waals surface area contributed by atoms with Gasteiger partial charge in [0, 0.05) is 61.6 Å². The number of carbonyl (C=O) groups excluding carboxylic acids is 1. The SMILES string of the molecule is Cc1cc(N2CCN(C(=O)c3cccc(Cl)c3)CC2)nc(N2CCCC2)n1. The number of hydrogen-bond donors (Lipinski definition) is 0. The molecule has 0 bridgehead atoms. The third-order valence-electron chi connectivity index (χ3n) is 5.18. The molecule has 4 rings (SSSR count). The van der Waals surface area contributed by atoms with Gasteiger partial charge in [0.1, 0.15) is 5.82 Å². The zero-order valence-corrected chi connectivity index (χ0v) is 16.3. The van der Waals surface area contributed by atoms with Crippen LogP contribution in [-0.2, 0) is 0 Å². The quantitative estimate of drug-likeness (QED) is 0.813. The lowest BCUT2D eigenvalue weighted by Gasteiger charge is -2.35. The average Bonchev–Trinajstić information content (AvgIpc) is 3.22. The highest BCUT2D eigenvalue weighted by Crippen LogP contribution is 2.22. The maximum absolute atomic E-state index is 12.7. The van der Waals surface area contributed by atoms with E-state index in [0.29, 0.717) is 23.7 Å². The van der Waals surface area contributed by atoms with E-state index in [2.05, 4.69) is 14.8 Å². The minimum Gasteiger partial charge on any atom is -0.353 e. The van der Waals surface area contributed by atoms with E-state index >= 15 is 0 Å². The number of aryl methyl sites for hydroxylation is 1. The normalized spacial score (nSPS) is 17.5. The minimum atomic E-state index is 0.0359. The molecule has 2 fully saturated rings. The van der Waals surface area contributed by atoms with Gasteiger partial charge in [-0.3, -0.25) is 4.79 Å². The first kappa shape index (κ1) is 18.0. The number of benzene rings is 1. The van der Waals surface area contributed by atoms with Crippen molar-refractivity contribution in [2.45, 2.75) is 19.8 Å². The Hall–Kier alpha value is -2.34. The Labute approximate surface area is 164 Å². The molecule has 0 saturated carbocycles. The van der Waals surface area contributed by atoms with Gasteiger partial charge in [-0.15, -0.1) is 0 Å². The van der Waals surface area contributed by atoms with Crippen molar-refractivity contribution in [2.75, 3.05) is 49.1 Å². The third-order valence-corrected chi connectivity index (χ3v) is 5.42. The molecule has 6 nitrogen and oxygen atoms in total. The predicted octanol–water partition coefficient (Wildman–Crippen LogP) is 3.00. The number of nitrogens with zero attached hydrogens (tertiary/aromatic N) is 5. The van der Waals surface area contributed by atoms with Gasteiger partial charge in [-0.2, -0.15) is 4.98 Å². The summed E-state index contributed by atoms with van der Waals surface area (Å²) in [6.45, 7) is 6.96. The molecule has 2 aliphatic heterocycles. The number of hydrogen-bond acceptors (Lipinski definition) is 5. The second-order valence-corrected chi connectivity index (χ2v) is 7.59. The van der Waals surface area contributed by atoms with E-state index in [1.165, 1.54) is 12.8 Å². The first-order chi connectivity index (χ1) is 13.1. The summed E-state index contributed by atoms with van der Waals surface area (Å²) in [7, 11) is 0. The summed E-state index contributed by atoms with van der Waals surface area (Å²) >= 11 is 6.02. The molecule has 2 aliphatic rings. The van der Waals surface area contributed by atoms with E-state index in [4.69, 9.17) is 16.6 Å². The van der Waals surface area contributed by atoms with Crippen LogP contribution in [0.5, 0.6) is 0 Å². The van der Waals surface area contributed by atoms with Crippen LogP contribution in [-0.4, -0.2) is 60.0 Å². The monoisotopic (exact) mass is 385 g/mol. The maximum Gasteiger partial charge on any atom is 0.254 e. The fraction of sp³-hybridized carbons (Fsp3) is 0.450. The summed E-state index contributed by atoms with van der Waals surface area (Å²) in [6.07, 6.45) is 2.41. The van der Waals surface area contributed by atoms with Crippen LogP contribution >= 0.6 is 11.6 Å². The molecule has 27 heavy (non-hydrogen) atoms. The van der Waals surface area contributed by atoms with E-state index in [1.807, 2.05) is 30.0 Å². The summed E-state index contributed by atoms with van der Waals surface area (Å²) in [6, 6.07) is 9.18. The molecule has 0 radical (unpaired) electrons. The van der Waals surface area contributed by atoms with Gasteiger partial charge in [0.25, 0.3) is 5.91 Å². The molecule has 1 amide bonds. The smallest absolute Gasteiger partial charge is 0.254 e. The zero-order valence-electron chi connectivity index (χ0n) is 15.6. The van der Waals surface area contributed by atoms with Crippen LogP contribution < -0.4 is 9.80 Å². The average molecular weight is 386 g/mol. The number of anilines is 2. The predicted molar refractivity (Wildman–Crippen MR) is 108 cm³/mol. The Balaban J connectivity index is 1.44. The van der Waals surface area contributed by atoms with Gasteiger partial charge in [0.2, 0.25) is 5.95 Å². The van der Waals surface area contributed by atoms with Gasteiger partial charge in [-0.25, -0.2) is 4.98 Å². The van der Waals surface area contributed by atoms with E-state index in [1.54, 1.807) is 12.1 Å². The van der Waals surface area contributed by atoms with Crippen LogP contribution in [0.25, 0.3) is 0 Å². The van der Waals surface area contributed by atoms with Gasteiger partial charge >= 0.3 is 0 Å². The molecule has 1 aromatic heterocycles. The number of amides is 1. The largest absolute Gasteiger partial charge is 0.353 e. The van der Waals surface area contributed by atoms with E-state index in [9.17, 15) is 4.79 Å². The first-order valence-electron chi connectivity index (χ1n) is 9.50. The molecule has 0 atom stereocenters. The lowest BCUT2D eigenvalue weighted by molar-refractivity contribution is 0.0746. The summed E-state index contributed by atoms with van der Waals surface area (Å²) in [4.78, 5) is 28.5. The van der Waals surface area contributed by atoms with Crippen molar-refractivity contribution >= 4 is 29.3 Å². The van der Waals surface area contributed by atoms with Gasteiger partial charge < -0.3 is 14.7 Å². The fourth-order valence-corrected chi connectivity index (χ4v) is 3.89. The lowest BCUT2D eigenvalue weighted by Crippen LogP contribution is -2.49. The van der Waals surface area contributed by atoms with Crippen LogP contribution in [0.2, 0.25) is 5.02 Å². The standard InChI is InChI=1S/C20H24ClN5O/c1-15-13-18(23-20(22-15)26-7-2-3-8-26)24-9-11-25(12-10-24)19(27)16-5-4-6-17(21)14-16/h4-6,13-14H,2-3,7-12H2,1H3. The fourth-order valence-electron chi connectivity index (χ4n) is 3.70. The highest BCUT2D eigenvalue weighted by Gasteiger charge is 2.24. The van der Waals surface area contributed by atoms with Crippen molar-refractivity contribution in [3.05, 3.63) is 46.6 Å². The number of piperazine rings is 1. The Morgan fingerprint density at radius 3 is 2.41 bits per heavy atom. The van der Waals surface area contributed by atoms with Crippen LogP contribution in [0.4, 0.5) is 11.8 Å². The van der Waals surface area contributed by atoms with E-state index in [-0.39, 0.29) is 5.91 Å². The number of carbonyl (C=O) groups is 1. The minimum absolute atomic E-state index is 0.0359. The Morgan fingerprint density at radius 2 is 1.70 bits per heavy atom. The molecule has 0 N–H and O–H groups in total. The number of halogens is 1. The summed E-state index contributed by atoms with van der Waals surface area (Å²) in [5.41, 5.74) is 1.63. The lowest BCUT2D eigenvalue weighted by atomic mass is 10.2. The molecule has 142 valence electrons. The molecular formula is C20H24ClN5O. The van der Waals surface area contributed by atoms with Crippen molar-refractivity contribution in [3.63, 3.8) is 0 Å².